The van der Waals surface area contributed by atoms with Gasteiger partial charge in [-0.2, -0.15) is 0 Å². The van der Waals surface area contributed by atoms with Crippen molar-refractivity contribution in [3.05, 3.63) is 95.6 Å². The van der Waals surface area contributed by atoms with Gasteiger partial charge in [-0.25, -0.2) is 8.42 Å². The van der Waals surface area contributed by atoms with Crippen molar-refractivity contribution in [3.8, 4) is 5.75 Å². The second-order valence-corrected chi connectivity index (χ2v) is 12.0. The Labute approximate surface area is 244 Å². The summed E-state index contributed by atoms with van der Waals surface area (Å²) >= 11 is 0. The second kappa shape index (κ2) is 15.2. The van der Waals surface area contributed by atoms with E-state index >= 15 is 0 Å². The molecule has 8 nitrogen and oxygen atoms in total. The van der Waals surface area contributed by atoms with E-state index in [2.05, 4.69) is 5.32 Å². The number of benzene rings is 3. The number of carbonyl (C=O) groups excluding carboxylic acids is 2. The van der Waals surface area contributed by atoms with Gasteiger partial charge in [0, 0.05) is 32.5 Å². The lowest BCUT2D eigenvalue weighted by molar-refractivity contribution is -0.141. The third-order valence-electron chi connectivity index (χ3n) is 6.81. The molecule has 0 radical (unpaired) electrons. The molecule has 0 spiro atoms. The first-order chi connectivity index (χ1) is 19.6. The molecule has 0 aliphatic rings. The molecule has 3 aromatic rings. The minimum atomic E-state index is -3.59. The van der Waals surface area contributed by atoms with Crippen LogP contribution in [0.2, 0.25) is 0 Å². The zero-order chi connectivity index (χ0) is 29.8. The first kappa shape index (κ1) is 31.7. The van der Waals surface area contributed by atoms with Crippen LogP contribution in [0.1, 0.15) is 42.9 Å². The quantitative estimate of drug-likeness (QED) is 0.281. The Morgan fingerprint density at radius 1 is 0.927 bits per heavy atom. The van der Waals surface area contributed by atoms with E-state index in [1.807, 2.05) is 68.4 Å². The maximum atomic E-state index is 13.8. The van der Waals surface area contributed by atoms with Gasteiger partial charge in [0.25, 0.3) is 0 Å². The zero-order valence-corrected chi connectivity index (χ0v) is 25.2. The summed E-state index contributed by atoms with van der Waals surface area (Å²) in [4.78, 5) is 28.9. The van der Waals surface area contributed by atoms with Crippen LogP contribution >= 0.6 is 0 Å². The molecule has 3 aromatic carbocycles. The molecule has 220 valence electrons. The van der Waals surface area contributed by atoms with E-state index in [0.29, 0.717) is 24.4 Å². The summed E-state index contributed by atoms with van der Waals surface area (Å²) in [5.41, 5.74) is 3.47. The summed E-state index contributed by atoms with van der Waals surface area (Å²) in [5.74, 6) is 0.212. The van der Waals surface area contributed by atoms with Crippen LogP contribution in [-0.2, 0) is 32.6 Å². The number of nitrogens with zero attached hydrogens (tertiary/aromatic N) is 2. The monoisotopic (exact) mass is 579 g/mol. The summed E-state index contributed by atoms with van der Waals surface area (Å²) in [7, 11) is -2.04. The molecule has 1 N–H and O–H groups in total. The van der Waals surface area contributed by atoms with Crippen LogP contribution in [0.5, 0.6) is 5.75 Å². The van der Waals surface area contributed by atoms with E-state index in [1.165, 1.54) is 4.31 Å². The Hall–Kier alpha value is -3.85. The number of aryl methyl sites for hydroxylation is 1. The normalized spacial score (nSPS) is 11.9. The second-order valence-electron chi connectivity index (χ2n) is 10.1. The lowest BCUT2D eigenvalue weighted by Crippen LogP contribution is -2.50. The maximum absolute atomic E-state index is 13.8. The first-order valence-corrected chi connectivity index (χ1v) is 15.8. The molecular formula is C32H41N3O5S. The highest BCUT2D eigenvalue weighted by Crippen LogP contribution is 2.23. The fraction of sp³-hybridized carbons (Fsp3) is 0.375. The fourth-order valence-electron chi connectivity index (χ4n) is 4.56. The summed E-state index contributed by atoms with van der Waals surface area (Å²) in [6, 6.07) is 23.6. The first-order valence-electron chi connectivity index (χ1n) is 13.9. The lowest BCUT2D eigenvalue weighted by atomic mass is 10.0. The van der Waals surface area contributed by atoms with Gasteiger partial charge in [-0.1, -0.05) is 67.1 Å². The molecule has 41 heavy (non-hydrogen) atoms. The van der Waals surface area contributed by atoms with Crippen LogP contribution in [0.15, 0.2) is 78.9 Å². The number of hydrogen-bond donors (Lipinski definition) is 1. The zero-order valence-electron chi connectivity index (χ0n) is 24.4. The van der Waals surface area contributed by atoms with Gasteiger partial charge in [0.2, 0.25) is 21.8 Å². The topological polar surface area (TPSA) is 96.0 Å². The van der Waals surface area contributed by atoms with Gasteiger partial charge in [-0.3, -0.25) is 13.9 Å². The minimum absolute atomic E-state index is 0.0837. The Bertz CT molecular complexity index is 1360. The molecule has 0 bridgehead atoms. The molecule has 2 amide bonds. The largest absolute Gasteiger partial charge is 0.497 e. The highest BCUT2D eigenvalue weighted by Gasteiger charge is 2.30. The molecule has 0 aliphatic carbocycles. The van der Waals surface area contributed by atoms with Crippen LogP contribution < -0.4 is 14.4 Å². The molecule has 9 heteroatoms. The number of hydrogen-bond acceptors (Lipinski definition) is 5. The molecule has 0 heterocycles. The molecule has 3 rings (SSSR count). The molecule has 0 fully saturated rings. The van der Waals surface area contributed by atoms with Crippen molar-refractivity contribution < 1.29 is 22.7 Å². The van der Waals surface area contributed by atoms with E-state index in [9.17, 15) is 18.0 Å². The SMILES string of the molecule is CCCNC(=O)[C@@H](Cc1ccccc1)N(Cc1ccc(C)cc1)C(=O)CCCN(c1ccc(OC)cc1)S(C)(=O)=O. The van der Waals surface area contributed by atoms with Crippen LogP contribution in [0.25, 0.3) is 0 Å². The van der Waals surface area contributed by atoms with Crippen molar-refractivity contribution in [2.75, 3.05) is 30.8 Å². The molecule has 0 aromatic heterocycles. The average Bonchev–Trinajstić information content (AvgIpc) is 2.96. The van der Waals surface area contributed by atoms with Crippen molar-refractivity contribution >= 4 is 27.5 Å². The predicted molar refractivity (Wildman–Crippen MR) is 163 cm³/mol. The fourth-order valence-corrected chi connectivity index (χ4v) is 5.53. The number of ether oxygens (including phenoxy) is 1. The summed E-state index contributed by atoms with van der Waals surface area (Å²) in [6.07, 6.45) is 2.67. The van der Waals surface area contributed by atoms with Gasteiger partial charge in [0.15, 0.2) is 0 Å². The van der Waals surface area contributed by atoms with Gasteiger partial charge in [0.05, 0.1) is 19.1 Å². The van der Waals surface area contributed by atoms with E-state index in [1.54, 1.807) is 36.3 Å². The number of anilines is 1. The summed E-state index contributed by atoms with van der Waals surface area (Å²) in [6.45, 7) is 4.89. The highest BCUT2D eigenvalue weighted by atomic mass is 32.2. The summed E-state index contributed by atoms with van der Waals surface area (Å²) < 4.78 is 31.7. The van der Waals surface area contributed by atoms with Crippen molar-refractivity contribution in [1.82, 2.24) is 10.2 Å². The Kier molecular flexibility index (Phi) is 11.8. The Morgan fingerprint density at radius 2 is 1.59 bits per heavy atom. The number of rotatable bonds is 15. The Balaban J connectivity index is 1.85. The van der Waals surface area contributed by atoms with E-state index in [0.717, 1.165) is 29.4 Å². The molecular weight excluding hydrogens is 538 g/mol. The summed E-state index contributed by atoms with van der Waals surface area (Å²) in [5, 5.41) is 2.98. The number of carbonyl (C=O) groups is 2. The predicted octanol–water partition coefficient (Wildman–Crippen LogP) is 4.72. The van der Waals surface area contributed by atoms with Crippen molar-refractivity contribution in [3.63, 3.8) is 0 Å². The van der Waals surface area contributed by atoms with Crippen molar-refractivity contribution in [2.45, 2.75) is 52.1 Å². The highest BCUT2D eigenvalue weighted by molar-refractivity contribution is 7.92. The average molecular weight is 580 g/mol. The van der Waals surface area contributed by atoms with Crippen molar-refractivity contribution in [2.24, 2.45) is 0 Å². The van der Waals surface area contributed by atoms with Crippen LogP contribution in [0.3, 0.4) is 0 Å². The number of sulfonamides is 1. The Morgan fingerprint density at radius 3 is 2.17 bits per heavy atom. The van der Waals surface area contributed by atoms with Gasteiger partial charge < -0.3 is 15.0 Å². The third kappa shape index (κ3) is 9.63. The molecule has 0 aliphatic heterocycles. The maximum Gasteiger partial charge on any atom is 0.243 e. The van der Waals surface area contributed by atoms with E-state index in [4.69, 9.17) is 4.74 Å². The molecule has 0 saturated carbocycles. The van der Waals surface area contributed by atoms with Crippen LogP contribution in [0, 0.1) is 6.92 Å². The number of amides is 2. The number of methoxy groups -OCH3 is 1. The van der Waals surface area contributed by atoms with Crippen LogP contribution in [0.4, 0.5) is 5.69 Å². The third-order valence-corrected chi connectivity index (χ3v) is 8.00. The van der Waals surface area contributed by atoms with Gasteiger partial charge in [-0.15, -0.1) is 0 Å². The smallest absolute Gasteiger partial charge is 0.243 e. The number of nitrogens with one attached hydrogen (secondary N) is 1. The van der Waals surface area contributed by atoms with E-state index in [-0.39, 0.29) is 37.7 Å². The molecule has 0 unspecified atom stereocenters. The van der Waals surface area contributed by atoms with Crippen molar-refractivity contribution in [1.29, 1.82) is 0 Å². The lowest BCUT2D eigenvalue weighted by Gasteiger charge is -2.32. The van der Waals surface area contributed by atoms with Gasteiger partial charge in [-0.05, 0) is 55.2 Å². The van der Waals surface area contributed by atoms with E-state index < -0.39 is 16.1 Å². The molecule has 1 atom stereocenters. The van der Waals surface area contributed by atoms with Gasteiger partial charge >= 0.3 is 0 Å². The van der Waals surface area contributed by atoms with Gasteiger partial charge in [0.1, 0.15) is 11.8 Å². The molecule has 0 saturated heterocycles. The minimum Gasteiger partial charge on any atom is -0.497 e. The standard InChI is InChI=1S/C32H41N3O5S/c1-5-21-33-32(37)30(23-26-10-7-6-8-11-26)34(24-27-15-13-25(2)14-16-27)31(36)12-9-22-35(41(4,38)39)28-17-19-29(40-3)20-18-28/h6-8,10-11,13-20,30H,5,9,12,21-24H2,1-4H3,(H,33,37)/t30-/m1/s1. The van der Waals surface area contributed by atoms with Crippen LogP contribution in [-0.4, -0.2) is 57.6 Å².